The van der Waals surface area contributed by atoms with Gasteiger partial charge in [0.25, 0.3) is 11.1 Å². The van der Waals surface area contributed by atoms with Crippen LogP contribution in [0.4, 0.5) is 0 Å². The molecule has 0 saturated heterocycles. The summed E-state index contributed by atoms with van der Waals surface area (Å²) in [6.07, 6.45) is 0. The van der Waals surface area contributed by atoms with Crippen molar-refractivity contribution in [3.05, 3.63) is 166 Å². The Bertz CT molecular complexity index is 3450. The lowest BCUT2D eigenvalue weighted by molar-refractivity contribution is 0.841. The molecule has 8 aromatic rings. The number of hydrogen-bond acceptors (Lipinski definition) is 2. The molecule has 0 atom stereocenters. The molecular formula is C38H24N2O2. The molecule has 6 aromatic carbocycles. The molecular weight excluding hydrogens is 516 g/mol. The van der Waals surface area contributed by atoms with Gasteiger partial charge in [0.15, 0.2) is 0 Å². The highest BCUT2D eigenvalue weighted by atomic mass is 16.2. The highest BCUT2D eigenvalue weighted by Gasteiger charge is 2.19. The molecule has 2 heterocycles. The zero-order valence-electron chi connectivity index (χ0n) is 44.7. The minimum atomic E-state index is -1.45. The molecule has 0 fully saturated rings. The highest BCUT2D eigenvalue weighted by molar-refractivity contribution is 5.95. The highest BCUT2D eigenvalue weighted by Crippen LogP contribution is 2.35. The van der Waals surface area contributed by atoms with Crippen LogP contribution in [0.3, 0.4) is 0 Å². The molecule has 0 N–H and O–H groups in total. The van der Waals surface area contributed by atoms with Crippen molar-refractivity contribution in [2.75, 3.05) is 0 Å². The Hall–Kier alpha value is -5.74. The molecule has 0 aliphatic carbocycles. The number of hydrogen-bond donors (Lipinski definition) is 0. The second-order valence-electron chi connectivity index (χ2n) is 8.68. The average molecular weight is 565 g/mol. The summed E-state index contributed by atoms with van der Waals surface area (Å²) in [5, 5.41) is -1.74. The summed E-state index contributed by atoms with van der Waals surface area (Å²) < 4.78 is 208. The Morgan fingerprint density at radius 2 is 0.738 bits per heavy atom. The van der Waals surface area contributed by atoms with E-state index in [9.17, 15) is 15.1 Å². The first-order valence-corrected chi connectivity index (χ1v) is 12.0. The fourth-order valence-corrected chi connectivity index (χ4v) is 4.60. The lowest BCUT2D eigenvalue weighted by atomic mass is 9.94. The quantitative estimate of drug-likeness (QED) is 0.216. The van der Waals surface area contributed by atoms with Crippen LogP contribution in [-0.4, -0.2) is 9.03 Å². The monoisotopic (exact) mass is 564 g/mol. The van der Waals surface area contributed by atoms with Crippen molar-refractivity contribution in [1.29, 1.82) is 0 Å². The van der Waals surface area contributed by atoms with Gasteiger partial charge in [-0.05, 0) is 68.7 Å². The van der Waals surface area contributed by atoms with E-state index >= 15 is 0 Å². The number of benzene rings is 6. The van der Waals surface area contributed by atoms with Crippen LogP contribution >= 0.6 is 0 Å². The number of rotatable bonds is 4. The van der Waals surface area contributed by atoms with Gasteiger partial charge in [-0.3, -0.25) is 9.59 Å². The van der Waals surface area contributed by atoms with E-state index in [-0.39, 0.29) is 4.52 Å². The summed E-state index contributed by atoms with van der Waals surface area (Å²) in [5.74, 6) is 0. The Morgan fingerprint density at radius 1 is 0.381 bits per heavy atom. The third-order valence-electron chi connectivity index (χ3n) is 6.40. The number of nitrogens with zero attached hydrogens (tertiary/aromatic N) is 2. The molecule has 0 spiro atoms. The van der Waals surface area contributed by atoms with Crippen molar-refractivity contribution in [3.8, 4) is 44.5 Å². The molecule has 0 saturated carbocycles. The van der Waals surface area contributed by atoms with Gasteiger partial charge in [0.05, 0.1) is 54.7 Å². The number of fused-ring (bicyclic) bond motifs is 5. The van der Waals surface area contributed by atoms with Crippen molar-refractivity contribution in [1.82, 2.24) is 9.03 Å². The molecule has 0 aliphatic heterocycles. The summed E-state index contributed by atoms with van der Waals surface area (Å²) in [6, 6.07) is -23.2. The minimum absolute atomic E-state index is 0.251. The van der Waals surface area contributed by atoms with Crippen LogP contribution < -0.4 is 11.1 Å². The van der Waals surface area contributed by atoms with Crippen LogP contribution in [0.15, 0.2) is 155 Å². The fraction of sp³-hybridized carbons (Fsp3) is 0. The van der Waals surface area contributed by atoms with Gasteiger partial charge in [0.2, 0.25) is 0 Å². The Labute approximate surface area is 275 Å². The summed E-state index contributed by atoms with van der Waals surface area (Å²) in [7, 11) is 0. The van der Waals surface area contributed by atoms with Crippen LogP contribution in [0.1, 0.15) is 32.9 Å². The van der Waals surface area contributed by atoms with Gasteiger partial charge < -0.3 is 0 Å². The van der Waals surface area contributed by atoms with E-state index in [0.29, 0.717) is 4.52 Å². The van der Waals surface area contributed by atoms with Gasteiger partial charge in [-0.2, -0.15) is 4.52 Å². The molecule has 0 bridgehead atoms. The predicted molar refractivity (Wildman–Crippen MR) is 171 cm³/mol. The largest absolute Gasteiger partial charge is 0.282 e. The zero-order valence-corrected chi connectivity index (χ0v) is 20.7. The van der Waals surface area contributed by atoms with Crippen molar-refractivity contribution >= 4 is 21.8 Å². The van der Waals surface area contributed by atoms with E-state index in [4.69, 9.17) is 27.4 Å². The molecule has 8 rings (SSSR count). The topological polar surface area (TPSA) is 43.0 Å². The molecule has 4 heteroatoms. The third kappa shape index (κ3) is 3.62. The summed E-state index contributed by atoms with van der Waals surface area (Å²) in [5.41, 5.74) is -10.9. The smallest absolute Gasteiger partial charge is 0.267 e. The molecule has 0 aliphatic rings. The van der Waals surface area contributed by atoms with E-state index in [2.05, 4.69) is 0 Å². The summed E-state index contributed by atoms with van der Waals surface area (Å²) in [4.78, 5) is 29.0. The Morgan fingerprint density at radius 3 is 1.14 bits per heavy atom. The maximum Gasteiger partial charge on any atom is 0.282 e. The van der Waals surface area contributed by atoms with Crippen molar-refractivity contribution in [2.24, 2.45) is 0 Å². The molecule has 42 heavy (non-hydrogen) atoms. The van der Waals surface area contributed by atoms with Crippen LogP contribution in [0.25, 0.3) is 66.3 Å². The molecule has 0 radical (unpaired) electrons. The predicted octanol–water partition coefficient (Wildman–Crippen LogP) is 8.17. The molecule has 0 unspecified atom stereocenters. The van der Waals surface area contributed by atoms with Crippen LogP contribution in [0.2, 0.25) is 0 Å². The van der Waals surface area contributed by atoms with Gasteiger partial charge in [0.1, 0.15) is 0 Å². The van der Waals surface area contributed by atoms with Crippen molar-refractivity contribution < 1.29 is 32.9 Å². The fourth-order valence-electron chi connectivity index (χ4n) is 4.60. The minimum Gasteiger partial charge on any atom is -0.267 e. The first-order valence-electron chi connectivity index (χ1n) is 24.0. The van der Waals surface area contributed by atoms with Crippen LogP contribution in [0.5, 0.6) is 0 Å². The van der Waals surface area contributed by atoms with Gasteiger partial charge in [-0.25, -0.2) is 4.52 Å². The van der Waals surface area contributed by atoms with Crippen molar-refractivity contribution in [3.63, 3.8) is 0 Å². The lowest BCUT2D eigenvalue weighted by Crippen LogP contribution is -2.21. The van der Waals surface area contributed by atoms with Gasteiger partial charge in [-0.1, -0.05) is 121 Å². The normalized spacial score (nSPS) is 19.5. The summed E-state index contributed by atoms with van der Waals surface area (Å²) >= 11 is 0. The molecule has 198 valence electrons. The number of aromatic nitrogens is 2. The summed E-state index contributed by atoms with van der Waals surface area (Å²) in [6.45, 7) is 0. The van der Waals surface area contributed by atoms with Crippen molar-refractivity contribution in [2.45, 2.75) is 0 Å². The molecule has 0 amide bonds. The maximum atomic E-state index is 14.5. The van der Waals surface area contributed by atoms with Crippen LogP contribution in [0, 0.1) is 0 Å². The first kappa shape index (κ1) is 9.97. The molecule has 2 aromatic heterocycles. The van der Waals surface area contributed by atoms with E-state index in [1.807, 2.05) is 0 Å². The van der Waals surface area contributed by atoms with E-state index in [1.54, 1.807) is 0 Å². The Balaban J connectivity index is 1.53. The van der Waals surface area contributed by atoms with Gasteiger partial charge >= 0.3 is 0 Å². The lowest BCUT2D eigenvalue weighted by Gasteiger charge is -2.10. The maximum absolute atomic E-state index is 14.5. The standard InChI is InChI=1S/C38H24N2O2/c41-37-33-23-27(31-17-9-7-15-29(31)25-11-3-1-4-12-25)19-21-35(33)39-36-22-20-28(24-34(36)38(42)40(37)39)32-18-10-8-16-30(32)26-13-5-2-6-14-26/h1-24H/i1D,2D,3D,4D,5D,6D,7D,8D,9D,10D,11D,12D,13D,14D,15D,16D,17D,18D,19D,20D,21D,22D,23D,24D. The van der Waals surface area contributed by atoms with Gasteiger partial charge in [-0.15, -0.1) is 0 Å². The van der Waals surface area contributed by atoms with E-state index in [0.717, 1.165) is 0 Å². The second-order valence-corrected chi connectivity index (χ2v) is 8.68. The zero-order chi connectivity index (χ0) is 49.1. The van der Waals surface area contributed by atoms with Gasteiger partial charge in [0, 0.05) is 0 Å². The SMILES string of the molecule is [2H]c1c([2H])c([2H])c(-c2c([2H])c([2H])c([2H])c([2H])c2-c2c([2H])c([2H])c3c(c2[2H])c(=O)n2c(=O)c4c([2H])c(-c5c([2H])c([2H])c([2H])c([2H])c5-c5c([2H])c([2H])c([2H])c([2H])c5[2H])c([2H])c([2H])c4n32)c([2H])c1[2H]. The average Bonchev–Trinajstić information content (AvgIpc) is 3.76. The second kappa shape index (κ2) is 9.43. The third-order valence-corrected chi connectivity index (χ3v) is 6.40. The molecule has 4 nitrogen and oxygen atoms in total. The van der Waals surface area contributed by atoms with Crippen LogP contribution in [-0.2, 0) is 0 Å². The first-order chi connectivity index (χ1) is 30.7. The van der Waals surface area contributed by atoms with E-state index < -0.39 is 222 Å². The Kier molecular flexibility index (Phi) is 2.24. The van der Waals surface area contributed by atoms with E-state index in [1.165, 1.54) is 0 Å².